The maximum Gasteiger partial charge on any atom is 0.355 e. The predicted octanol–water partition coefficient (Wildman–Crippen LogP) is 3.05. The molecule has 0 amide bonds. The SMILES string of the molecule is C[Si](C)(C)/C=C/c1c(C(=O)O)nc(Cl)c(F)c1N. The van der Waals surface area contributed by atoms with Gasteiger partial charge in [-0.25, -0.2) is 14.2 Å². The molecule has 4 nitrogen and oxygen atoms in total. The highest BCUT2D eigenvalue weighted by Crippen LogP contribution is 2.26. The Bertz CT molecular complexity index is 527. The molecule has 1 aromatic heterocycles. The first kappa shape index (κ1) is 14.7. The van der Waals surface area contributed by atoms with Gasteiger partial charge in [-0.05, 0) is 0 Å². The van der Waals surface area contributed by atoms with Gasteiger partial charge in [0.2, 0.25) is 0 Å². The summed E-state index contributed by atoms with van der Waals surface area (Å²) in [6, 6.07) is 0. The molecule has 7 heteroatoms. The molecule has 98 valence electrons. The van der Waals surface area contributed by atoms with E-state index in [2.05, 4.69) is 24.6 Å². The van der Waals surface area contributed by atoms with Crippen LogP contribution >= 0.6 is 11.6 Å². The molecule has 18 heavy (non-hydrogen) atoms. The maximum atomic E-state index is 13.5. The van der Waals surface area contributed by atoms with Crippen LogP contribution < -0.4 is 5.73 Å². The van der Waals surface area contributed by atoms with Crippen molar-refractivity contribution in [3.63, 3.8) is 0 Å². The van der Waals surface area contributed by atoms with Crippen LogP contribution in [-0.2, 0) is 0 Å². The average molecular weight is 289 g/mol. The summed E-state index contributed by atoms with van der Waals surface area (Å²) >= 11 is 5.48. The summed E-state index contributed by atoms with van der Waals surface area (Å²) in [6.07, 6.45) is 1.51. The Morgan fingerprint density at radius 3 is 2.50 bits per heavy atom. The van der Waals surface area contributed by atoms with E-state index in [0.29, 0.717) is 0 Å². The van der Waals surface area contributed by atoms with Gasteiger partial charge >= 0.3 is 5.97 Å². The molecule has 0 aliphatic carbocycles. The summed E-state index contributed by atoms with van der Waals surface area (Å²) in [7, 11) is -1.56. The molecule has 0 spiro atoms. The second kappa shape index (κ2) is 5.07. The number of carboxylic acid groups (broad SMARTS) is 1. The van der Waals surface area contributed by atoms with Crippen molar-refractivity contribution in [2.45, 2.75) is 19.6 Å². The first-order valence-corrected chi connectivity index (χ1v) is 9.16. The third-order valence-electron chi connectivity index (χ3n) is 2.13. The lowest BCUT2D eigenvalue weighted by Gasteiger charge is -2.11. The van der Waals surface area contributed by atoms with Crippen molar-refractivity contribution in [3.8, 4) is 0 Å². The highest BCUT2D eigenvalue weighted by molar-refractivity contribution is 6.81. The minimum atomic E-state index is -1.56. The zero-order chi connectivity index (χ0) is 14.1. The van der Waals surface area contributed by atoms with Crippen molar-refractivity contribution in [1.29, 1.82) is 0 Å². The number of nitrogens with zero attached hydrogens (tertiary/aromatic N) is 1. The number of hydrogen-bond acceptors (Lipinski definition) is 3. The summed E-state index contributed by atoms with van der Waals surface area (Å²) in [5.74, 6) is -2.18. The fraction of sp³-hybridized carbons (Fsp3) is 0.273. The lowest BCUT2D eigenvalue weighted by molar-refractivity contribution is 0.0690. The van der Waals surface area contributed by atoms with Crippen LogP contribution in [0.3, 0.4) is 0 Å². The summed E-state index contributed by atoms with van der Waals surface area (Å²) in [6.45, 7) is 6.17. The van der Waals surface area contributed by atoms with Crippen molar-refractivity contribution in [1.82, 2.24) is 4.98 Å². The van der Waals surface area contributed by atoms with Gasteiger partial charge in [-0.3, -0.25) is 0 Å². The summed E-state index contributed by atoms with van der Waals surface area (Å²) in [4.78, 5) is 14.5. The van der Waals surface area contributed by atoms with Crippen molar-refractivity contribution >= 4 is 37.4 Å². The Labute approximate surface area is 110 Å². The monoisotopic (exact) mass is 288 g/mol. The lowest BCUT2D eigenvalue weighted by Crippen LogP contribution is -2.16. The van der Waals surface area contributed by atoms with E-state index in [4.69, 9.17) is 22.4 Å². The molecule has 1 aromatic rings. The fourth-order valence-corrected chi connectivity index (χ4v) is 2.08. The Morgan fingerprint density at radius 2 is 2.06 bits per heavy atom. The number of carbonyl (C=O) groups is 1. The molecule has 3 N–H and O–H groups in total. The van der Waals surface area contributed by atoms with Crippen molar-refractivity contribution < 1.29 is 14.3 Å². The van der Waals surface area contributed by atoms with Gasteiger partial charge in [0.05, 0.1) is 13.8 Å². The van der Waals surface area contributed by atoms with E-state index in [1.54, 1.807) is 0 Å². The van der Waals surface area contributed by atoms with Crippen LogP contribution in [0.4, 0.5) is 10.1 Å². The van der Waals surface area contributed by atoms with Crippen LogP contribution in [0.15, 0.2) is 5.70 Å². The van der Waals surface area contributed by atoms with Gasteiger partial charge in [0.1, 0.15) is 0 Å². The molecule has 0 atom stereocenters. The molecule has 0 fully saturated rings. The number of rotatable bonds is 3. The van der Waals surface area contributed by atoms with Gasteiger partial charge in [-0.2, -0.15) is 0 Å². The molecule has 0 saturated heterocycles. The smallest absolute Gasteiger partial charge is 0.355 e. The zero-order valence-corrected chi connectivity index (χ0v) is 12.0. The van der Waals surface area contributed by atoms with Crippen LogP contribution in [0.5, 0.6) is 0 Å². The summed E-state index contributed by atoms with van der Waals surface area (Å²) < 4.78 is 13.5. The first-order chi connectivity index (χ1) is 8.13. The van der Waals surface area contributed by atoms with E-state index in [-0.39, 0.29) is 16.9 Å². The first-order valence-electron chi connectivity index (χ1n) is 5.20. The van der Waals surface area contributed by atoms with E-state index < -0.39 is 25.0 Å². The molecular formula is C11H14ClFN2O2Si. The number of carboxylic acids is 1. The van der Waals surface area contributed by atoms with Crippen LogP contribution in [-0.4, -0.2) is 24.1 Å². The van der Waals surface area contributed by atoms with Crippen LogP contribution in [0.2, 0.25) is 24.8 Å². The molecule has 0 bridgehead atoms. The topological polar surface area (TPSA) is 76.2 Å². The van der Waals surface area contributed by atoms with Gasteiger partial charge in [-0.15, -0.1) is 0 Å². The Balaban J connectivity index is 3.46. The number of aromatic carboxylic acids is 1. The van der Waals surface area contributed by atoms with E-state index >= 15 is 0 Å². The van der Waals surface area contributed by atoms with Crippen molar-refractivity contribution in [2.24, 2.45) is 0 Å². The van der Waals surface area contributed by atoms with Crippen molar-refractivity contribution in [2.75, 3.05) is 5.73 Å². The fourth-order valence-electron chi connectivity index (χ4n) is 1.23. The molecule has 0 aliphatic heterocycles. The number of nitrogens with two attached hydrogens (primary N) is 1. The predicted molar refractivity (Wildman–Crippen MR) is 73.0 cm³/mol. The van der Waals surface area contributed by atoms with E-state index in [9.17, 15) is 9.18 Å². The Kier molecular flexibility index (Phi) is 4.13. The number of nitrogen functional groups attached to an aromatic ring is 1. The lowest BCUT2D eigenvalue weighted by atomic mass is 10.1. The molecule has 1 heterocycles. The highest BCUT2D eigenvalue weighted by Gasteiger charge is 2.20. The van der Waals surface area contributed by atoms with E-state index in [1.165, 1.54) is 6.08 Å². The number of aromatic nitrogens is 1. The third kappa shape index (κ3) is 3.30. The highest BCUT2D eigenvalue weighted by atomic mass is 35.5. The summed E-state index contributed by atoms with van der Waals surface area (Å²) in [5.41, 5.74) is 6.85. The molecule has 0 aromatic carbocycles. The Hall–Kier alpha value is -1.40. The normalized spacial score (nSPS) is 12.1. The average Bonchev–Trinajstić information content (AvgIpc) is 2.22. The molecular weight excluding hydrogens is 275 g/mol. The molecule has 0 unspecified atom stereocenters. The van der Waals surface area contributed by atoms with Gasteiger partial charge in [0.25, 0.3) is 0 Å². The molecule has 0 aliphatic rings. The van der Waals surface area contributed by atoms with Crippen molar-refractivity contribution in [3.05, 3.63) is 27.9 Å². The van der Waals surface area contributed by atoms with Gasteiger partial charge in [0.15, 0.2) is 16.7 Å². The number of halogens is 2. The van der Waals surface area contributed by atoms with Crippen LogP contribution in [0, 0.1) is 5.82 Å². The maximum absolute atomic E-state index is 13.5. The standard InChI is InChI=1S/C11H14ClFN2O2Si/c1-18(2,3)5-4-6-8(14)7(13)10(12)15-9(6)11(16)17/h4-5H,1-3H3,(H2,14,15)(H,16,17)/b5-4+. The number of anilines is 1. The third-order valence-corrected chi connectivity index (χ3v) is 3.54. The summed E-state index contributed by atoms with van der Waals surface area (Å²) in [5, 5.41) is 8.48. The minimum absolute atomic E-state index is 0.0619. The van der Waals surface area contributed by atoms with Gasteiger partial charge < -0.3 is 10.8 Å². The quantitative estimate of drug-likeness (QED) is 0.662. The second-order valence-electron chi connectivity index (χ2n) is 4.90. The van der Waals surface area contributed by atoms with E-state index in [1.807, 2.05) is 5.70 Å². The zero-order valence-electron chi connectivity index (χ0n) is 10.3. The van der Waals surface area contributed by atoms with Crippen LogP contribution in [0.25, 0.3) is 6.08 Å². The molecule has 1 rings (SSSR count). The van der Waals surface area contributed by atoms with Gasteiger partial charge in [0, 0.05) is 5.56 Å². The minimum Gasteiger partial charge on any atom is -0.476 e. The second-order valence-corrected chi connectivity index (χ2v) is 10.3. The molecule has 0 radical (unpaired) electrons. The number of hydrogen-bond donors (Lipinski definition) is 2. The number of pyridine rings is 1. The van der Waals surface area contributed by atoms with Crippen LogP contribution in [0.1, 0.15) is 16.1 Å². The Morgan fingerprint density at radius 1 is 1.50 bits per heavy atom. The van der Waals surface area contributed by atoms with E-state index in [0.717, 1.165) is 0 Å². The largest absolute Gasteiger partial charge is 0.476 e. The molecule has 0 saturated carbocycles. The van der Waals surface area contributed by atoms with Gasteiger partial charge in [-0.1, -0.05) is 43.0 Å².